The molecule has 0 aromatic heterocycles. The van der Waals surface area contributed by atoms with Gasteiger partial charge in [0.15, 0.2) is 0 Å². The number of nitro groups is 1. The van der Waals surface area contributed by atoms with Crippen molar-refractivity contribution in [2.24, 2.45) is 0 Å². The summed E-state index contributed by atoms with van der Waals surface area (Å²) in [6.45, 7) is 3.08. The van der Waals surface area contributed by atoms with Crippen molar-refractivity contribution in [1.82, 2.24) is 9.62 Å². The molecule has 0 aliphatic carbocycles. The van der Waals surface area contributed by atoms with E-state index in [4.69, 9.17) is 4.74 Å². The summed E-state index contributed by atoms with van der Waals surface area (Å²) < 4.78 is 32.1. The molecule has 1 aromatic rings. The Kier molecular flexibility index (Phi) is 6.84. The molecule has 0 saturated carbocycles. The highest BCUT2D eigenvalue weighted by Crippen LogP contribution is 2.33. The smallest absolute Gasteiger partial charge is 0.325 e. The Bertz CT molecular complexity index is 789. The predicted octanol–water partition coefficient (Wildman–Crippen LogP) is 1.20. The van der Waals surface area contributed by atoms with Gasteiger partial charge < -0.3 is 9.64 Å². The van der Waals surface area contributed by atoms with Crippen LogP contribution in [0.4, 0.5) is 5.69 Å². The first-order valence-corrected chi connectivity index (χ1v) is 10.4. The lowest BCUT2D eigenvalue weighted by molar-refractivity contribution is -0.384. The Morgan fingerprint density at radius 1 is 1.37 bits per heavy atom. The molecular weight excluding hydrogens is 394 g/mol. The summed E-state index contributed by atoms with van der Waals surface area (Å²) in [4.78, 5) is 24.5. The van der Waals surface area contributed by atoms with Gasteiger partial charge in [0.1, 0.15) is 6.04 Å². The number of esters is 1. The summed E-state index contributed by atoms with van der Waals surface area (Å²) in [6, 6.07) is 3.28. The minimum absolute atomic E-state index is 0.109. The zero-order chi connectivity index (χ0) is 20.2. The number of carbonyl (C=O) groups is 1. The molecule has 1 heterocycles. The Hall–Kier alpha value is -1.69. The molecule has 1 aliphatic rings. The first-order valence-electron chi connectivity index (χ1n) is 8.43. The fraction of sp³-hybridized carbons (Fsp3) is 0.562. The summed E-state index contributed by atoms with van der Waals surface area (Å²) in [5.41, 5.74) is -0.225. The third kappa shape index (κ3) is 5.18. The average molecular weight is 418 g/mol. The molecule has 1 atom stereocenters. The van der Waals surface area contributed by atoms with Crippen molar-refractivity contribution < 1.29 is 22.9 Å². The quantitative estimate of drug-likeness (QED) is 0.296. The number of piperidine rings is 1. The molecule has 0 bridgehead atoms. The molecule has 1 saturated heterocycles. The molecule has 1 N–H and O–H groups in total. The number of hydrogen-bond acceptors (Lipinski definition) is 8. The monoisotopic (exact) mass is 417 g/mol. The number of carbonyl (C=O) groups excluding carboxylic acids is 1. The summed E-state index contributed by atoms with van der Waals surface area (Å²) in [5, 5.41) is 10.7. The van der Waals surface area contributed by atoms with Gasteiger partial charge in [0, 0.05) is 16.9 Å². The van der Waals surface area contributed by atoms with Crippen LogP contribution in [0.2, 0.25) is 0 Å². The maximum absolute atomic E-state index is 12.7. The van der Waals surface area contributed by atoms with Gasteiger partial charge in [0.2, 0.25) is 10.0 Å². The highest BCUT2D eigenvalue weighted by molar-refractivity contribution is 7.89. The van der Waals surface area contributed by atoms with Crippen molar-refractivity contribution in [1.29, 1.82) is 0 Å². The van der Waals surface area contributed by atoms with Crippen LogP contribution in [0.5, 0.6) is 0 Å². The number of sulfonamides is 1. The zero-order valence-corrected chi connectivity index (χ0v) is 16.8. The normalized spacial score (nSPS) is 18.6. The van der Waals surface area contributed by atoms with Crippen molar-refractivity contribution in [2.45, 2.75) is 35.4 Å². The van der Waals surface area contributed by atoms with Crippen LogP contribution in [0, 0.1) is 10.1 Å². The number of nitrogens with one attached hydrogen (secondary N) is 1. The van der Waals surface area contributed by atoms with E-state index >= 15 is 0 Å². The summed E-state index contributed by atoms with van der Waals surface area (Å²) in [6.07, 6.45) is 0.998. The molecule has 2 rings (SSSR count). The third-order valence-electron chi connectivity index (χ3n) is 4.54. The zero-order valence-electron chi connectivity index (χ0n) is 15.1. The molecule has 1 fully saturated rings. The van der Waals surface area contributed by atoms with Crippen LogP contribution in [-0.4, -0.2) is 61.7 Å². The van der Waals surface area contributed by atoms with Crippen molar-refractivity contribution in [3.8, 4) is 0 Å². The highest BCUT2D eigenvalue weighted by Gasteiger charge is 2.45. The van der Waals surface area contributed by atoms with Gasteiger partial charge >= 0.3 is 5.97 Å². The summed E-state index contributed by atoms with van der Waals surface area (Å²) in [7, 11) is -2.16. The van der Waals surface area contributed by atoms with Crippen LogP contribution in [0.1, 0.15) is 19.8 Å². The van der Waals surface area contributed by atoms with Crippen molar-refractivity contribution in [2.75, 3.05) is 26.7 Å². The first-order chi connectivity index (χ1) is 12.6. The number of nitro benzene ring substituents is 1. The van der Waals surface area contributed by atoms with Gasteiger partial charge in [-0.05, 0) is 52.0 Å². The molecule has 27 heavy (non-hydrogen) atoms. The molecule has 0 radical (unpaired) electrons. The Morgan fingerprint density at radius 2 is 1.93 bits per heavy atom. The van der Waals surface area contributed by atoms with Gasteiger partial charge in [-0.25, -0.2) is 8.42 Å². The summed E-state index contributed by atoms with van der Waals surface area (Å²) in [5.74, 6) is -0.692. The van der Waals surface area contributed by atoms with Crippen molar-refractivity contribution in [3.63, 3.8) is 0 Å². The number of benzene rings is 1. The number of ether oxygens (including phenoxy) is 1. The van der Waals surface area contributed by atoms with E-state index in [0.717, 1.165) is 24.3 Å². The number of thiol groups is 1. The second-order valence-electron chi connectivity index (χ2n) is 6.46. The minimum Gasteiger partial charge on any atom is -0.465 e. The molecule has 0 unspecified atom stereocenters. The van der Waals surface area contributed by atoms with E-state index in [-0.39, 0.29) is 17.2 Å². The van der Waals surface area contributed by atoms with E-state index in [1.54, 1.807) is 6.92 Å². The highest BCUT2D eigenvalue weighted by atomic mass is 32.2. The molecule has 1 aromatic carbocycles. The van der Waals surface area contributed by atoms with Crippen LogP contribution in [0.25, 0.3) is 0 Å². The average Bonchev–Trinajstić information content (AvgIpc) is 2.62. The Balaban J connectivity index is 2.30. The van der Waals surface area contributed by atoms with Crippen molar-refractivity contribution in [3.05, 3.63) is 34.4 Å². The second kappa shape index (κ2) is 8.55. The van der Waals surface area contributed by atoms with E-state index in [1.807, 2.05) is 7.05 Å². The van der Waals surface area contributed by atoms with Gasteiger partial charge in [0.25, 0.3) is 5.69 Å². The Morgan fingerprint density at radius 3 is 2.41 bits per heavy atom. The van der Waals surface area contributed by atoms with Gasteiger partial charge in [-0.15, -0.1) is 0 Å². The molecular formula is C16H23N3O6S2. The molecule has 9 nitrogen and oxygen atoms in total. The number of likely N-dealkylation sites (tertiary alicyclic amines) is 1. The maximum Gasteiger partial charge on any atom is 0.325 e. The van der Waals surface area contributed by atoms with Gasteiger partial charge in [-0.3, -0.25) is 14.9 Å². The number of rotatable bonds is 7. The van der Waals surface area contributed by atoms with Gasteiger partial charge in [-0.2, -0.15) is 17.4 Å². The van der Waals surface area contributed by atoms with Crippen LogP contribution in [-0.2, 0) is 19.6 Å². The first kappa shape index (κ1) is 21.6. The van der Waals surface area contributed by atoms with Crippen molar-refractivity contribution >= 4 is 34.3 Å². The van der Waals surface area contributed by atoms with Crippen LogP contribution >= 0.6 is 12.6 Å². The largest absolute Gasteiger partial charge is 0.465 e. The molecule has 150 valence electrons. The van der Waals surface area contributed by atoms with Gasteiger partial charge in [-0.1, -0.05) is 0 Å². The lowest BCUT2D eigenvalue weighted by Gasteiger charge is -2.41. The van der Waals surface area contributed by atoms with Crippen LogP contribution in [0.3, 0.4) is 0 Å². The van der Waals surface area contributed by atoms with Crippen LogP contribution in [0.15, 0.2) is 29.2 Å². The SMILES string of the molecule is CCOC(=O)[C@H](NS(=O)(=O)c1ccc([N+](=O)[O-])cc1)C1(S)CCN(C)CC1. The minimum atomic E-state index is -4.10. The van der Waals surface area contributed by atoms with Gasteiger partial charge in [0.05, 0.1) is 16.4 Å². The Labute approximate surface area is 163 Å². The second-order valence-corrected chi connectivity index (χ2v) is 9.07. The number of hydrogen-bond donors (Lipinski definition) is 2. The standard InChI is InChI=1S/C16H23N3O6S2/c1-3-25-15(20)14(16(26)8-10-18(2)11-9-16)17-27(23,24)13-6-4-12(5-7-13)19(21)22/h4-7,14,17,26H,3,8-11H2,1-2H3/t14-/m0/s1. The number of nitrogens with zero attached hydrogens (tertiary/aromatic N) is 2. The molecule has 0 amide bonds. The lowest BCUT2D eigenvalue weighted by atomic mass is 9.89. The number of non-ortho nitro benzene ring substituents is 1. The molecule has 1 aliphatic heterocycles. The molecule has 0 spiro atoms. The van der Waals surface area contributed by atoms with E-state index in [9.17, 15) is 23.3 Å². The predicted molar refractivity (Wildman–Crippen MR) is 102 cm³/mol. The third-order valence-corrected chi connectivity index (χ3v) is 6.69. The lowest BCUT2D eigenvalue weighted by Crippen LogP contribution is -2.58. The van der Waals surface area contributed by atoms with E-state index in [0.29, 0.717) is 25.9 Å². The fourth-order valence-corrected chi connectivity index (χ4v) is 4.59. The summed E-state index contributed by atoms with van der Waals surface area (Å²) >= 11 is 4.64. The maximum atomic E-state index is 12.7. The fourth-order valence-electron chi connectivity index (χ4n) is 2.87. The van der Waals surface area contributed by atoms with E-state index in [1.165, 1.54) is 0 Å². The molecule has 11 heteroatoms. The van der Waals surface area contributed by atoms with E-state index < -0.39 is 31.7 Å². The van der Waals surface area contributed by atoms with E-state index in [2.05, 4.69) is 22.3 Å². The topological polar surface area (TPSA) is 119 Å². The van der Waals surface area contributed by atoms with Crippen LogP contribution < -0.4 is 4.72 Å².